The lowest BCUT2D eigenvalue weighted by atomic mass is 9.97. The second-order valence-electron chi connectivity index (χ2n) is 2.55. The Morgan fingerprint density at radius 3 is 2.58 bits per heavy atom. The Bertz CT molecular complexity index is 375. The van der Waals surface area contributed by atoms with Crippen LogP contribution in [-0.4, -0.2) is 16.3 Å². The molecule has 0 saturated carbocycles. The van der Waals surface area contributed by atoms with Gasteiger partial charge in [0.05, 0.1) is 4.90 Å². The van der Waals surface area contributed by atoms with E-state index in [9.17, 15) is 8.42 Å². The number of hydrogen-bond acceptors (Lipinski definition) is 2. The number of rotatable bonds is 2. The van der Waals surface area contributed by atoms with E-state index in [0.717, 1.165) is 11.9 Å². The number of sulfonamides is 1. The number of benzene rings is 1. The minimum atomic E-state index is -3.54. The molecule has 2 N–H and O–H groups in total. The summed E-state index contributed by atoms with van der Waals surface area (Å²) in [6.45, 7) is 0. The van der Waals surface area contributed by atoms with Crippen LogP contribution in [0.2, 0.25) is 0 Å². The van der Waals surface area contributed by atoms with Crippen molar-refractivity contribution in [3.05, 3.63) is 29.8 Å². The Hall–Kier alpha value is -0.805. The van der Waals surface area contributed by atoms with E-state index in [1.807, 2.05) is 13.9 Å². The summed E-state index contributed by atoms with van der Waals surface area (Å²) in [6.07, 6.45) is 0.809. The molecule has 0 fully saturated rings. The fourth-order valence-electron chi connectivity index (χ4n) is 0.942. The topological polar surface area (TPSA) is 60.2 Å². The number of primary sulfonamides is 1. The van der Waals surface area contributed by atoms with Crippen LogP contribution < -0.4 is 5.14 Å². The quantitative estimate of drug-likeness (QED) is 0.626. The highest BCUT2D eigenvalue weighted by Crippen LogP contribution is 2.08. The summed E-state index contributed by atoms with van der Waals surface area (Å²) in [6, 6.07) is 6.65. The van der Waals surface area contributed by atoms with Gasteiger partial charge in [-0.15, -0.1) is 0 Å². The van der Waals surface area contributed by atoms with Gasteiger partial charge < -0.3 is 0 Å². The summed E-state index contributed by atoms with van der Waals surface area (Å²) < 4.78 is 21.8. The highest BCUT2D eigenvalue weighted by molar-refractivity contribution is 7.89. The SMILES string of the molecule is BCc1cccc(S(N)(=O)=O)c1. The van der Waals surface area contributed by atoms with E-state index in [2.05, 4.69) is 0 Å². The van der Waals surface area contributed by atoms with Gasteiger partial charge in [0.25, 0.3) is 0 Å². The first-order chi connectivity index (χ1) is 5.54. The molecule has 1 rings (SSSR count). The predicted octanol–water partition coefficient (Wildman–Crippen LogP) is -0.533. The maximum Gasteiger partial charge on any atom is 0.238 e. The summed E-state index contributed by atoms with van der Waals surface area (Å²) in [7, 11) is -1.57. The molecule has 0 aliphatic carbocycles. The van der Waals surface area contributed by atoms with Crippen LogP contribution in [0.3, 0.4) is 0 Å². The van der Waals surface area contributed by atoms with Crippen LogP contribution in [0.1, 0.15) is 5.56 Å². The molecular weight excluding hydrogens is 173 g/mol. The molecule has 5 heteroatoms. The molecule has 0 bridgehead atoms. The smallest absolute Gasteiger partial charge is 0.225 e. The van der Waals surface area contributed by atoms with Crippen LogP contribution in [0.25, 0.3) is 0 Å². The molecule has 64 valence electrons. The summed E-state index contributed by atoms with van der Waals surface area (Å²) in [5.74, 6) is 0. The van der Waals surface area contributed by atoms with Gasteiger partial charge >= 0.3 is 0 Å². The minimum absolute atomic E-state index is 0.182. The molecule has 0 aliphatic rings. The normalized spacial score (nSPS) is 11.4. The molecule has 0 spiro atoms. The van der Waals surface area contributed by atoms with E-state index in [4.69, 9.17) is 5.14 Å². The zero-order chi connectivity index (χ0) is 9.19. The van der Waals surface area contributed by atoms with Gasteiger partial charge in [-0.05, 0) is 12.1 Å². The van der Waals surface area contributed by atoms with Crippen LogP contribution in [0.15, 0.2) is 29.2 Å². The molecule has 0 unspecified atom stereocenters. The van der Waals surface area contributed by atoms with Gasteiger partial charge in [-0.2, -0.15) is 0 Å². The van der Waals surface area contributed by atoms with E-state index < -0.39 is 10.0 Å². The van der Waals surface area contributed by atoms with Crippen molar-refractivity contribution in [2.45, 2.75) is 11.2 Å². The van der Waals surface area contributed by atoms with Crippen LogP contribution in [-0.2, 0) is 16.3 Å². The maximum absolute atomic E-state index is 10.9. The van der Waals surface area contributed by atoms with Gasteiger partial charge in [0.15, 0.2) is 0 Å². The van der Waals surface area contributed by atoms with Crippen molar-refractivity contribution in [1.29, 1.82) is 0 Å². The predicted molar refractivity (Wildman–Crippen MR) is 50.1 cm³/mol. The van der Waals surface area contributed by atoms with Gasteiger partial charge in [0, 0.05) is 0 Å². The summed E-state index contributed by atoms with van der Waals surface area (Å²) in [5.41, 5.74) is 0.974. The van der Waals surface area contributed by atoms with E-state index in [1.165, 1.54) is 6.07 Å². The lowest BCUT2D eigenvalue weighted by molar-refractivity contribution is 0.597. The first-order valence-corrected chi connectivity index (χ1v) is 5.20. The van der Waals surface area contributed by atoms with Gasteiger partial charge in [0.2, 0.25) is 10.0 Å². The van der Waals surface area contributed by atoms with E-state index in [1.54, 1.807) is 12.1 Å². The lowest BCUT2D eigenvalue weighted by Crippen LogP contribution is -2.12. The zero-order valence-electron chi connectivity index (χ0n) is 6.82. The summed E-state index contributed by atoms with van der Waals surface area (Å²) in [4.78, 5) is 0.182. The van der Waals surface area contributed by atoms with Gasteiger partial charge in [-0.25, -0.2) is 13.6 Å². The van der Waals surface area contributed by atoms with Crippen LogP contribution in [0, 0.1) is 0 Å². The largest absolute Gasteiger partial charge is 0.238 e. The Balaban J connectivity index is 3.20. The van der Waals surface area contributed by atoms with Gasteiger partial charge in [0.1, 0.15) is 7.85 Å². The van der Waals surface area contributed by atoms with Crippen LogP contribution in [0.4, 0.5) is 0 Å². The van der Waals surface area contributed by atoms with Crippen molar-refractivity contribution in [1.82, 2.24) is 0 Å². The van der Waals surface area contributed by atoms with Crippen molar-refractivity contribution < 1.29 is 8.42 Å². The standard InChI is InChI=1S/C7H10BNO2S/c8-5-6-2-1-3-7(4-6)12(9,10)11/h1-4H,5,8H2,(H2,9,10,11). The van der Waals surface area contributed by atoms with Crippen LogP contribution >= 0.6 is 0 Å². The monoisotopic (exact) mass is 183 g/mol. The molecule has 0 atom stereocenters. The molecule has 0 heterocycles. The third kappa shape index (κ3) is 2.09. The Morgan fingerprint density at radius 2 is 2.08 bits per heavy atom. The third-order valence-corrected chi connectivity index (χ3v) is 2.55. The molecule has 0 radical (unpaired) electrons. The van der Waals surface area contributed by atoms with E-state index >= 15 is 0 Å². The molecule has 1 aromatic rings. The Kier molecular flexibility index (Phi) is 2.54. The molecule has 12 heavy (non-hydrogen) atoms. The second kappa shape index (κ2) is 3.29. The minimum Gasteiger partial charge on any atom is -0.225 e. The number of nitrogens with two attached hydrogens (primary N) is 1. The first kappa shape index (κ1) is 9.28. The Labute approximate surface area is 73.0 Å². The summed E-state index contributed by atoms with van der Waals surface area (Å²) in [5, 5.41) is 4.95. The van der Waals surface area contributed by atoms with Crippen molar-refractivity contribution in [3.8, 4) is 0 Å². The molecule has 1 aromatic carbocycles. The molecule has 0 saturated heterocycles. The molecule has 0 aliphatic heterocycles. The molecular formula is C7H10BNO2S. The summed E-state index contributed by atoms with van der Waals surface area (Å²) >= 11 is 0. The third-order valence-electron chi connectivity index (χ3n) is 1.64. The lowest BCUT2D eigenvalue weighted by Gasteiger charge is -1.99. The van der Waals surface area contributed by atoms with E-state index in [0.29, 0.717) is 0 Å². The Morgan fingerprint density at radius 1 is 1.42 bits per heavy atom. The van der Waals surface area contributed by atoms with Crippen molar-refractivity contribution in [3.63, 3.8) is 0 Å². The fourth-order valence-corrected chi connectivity index (χ4v) is 1.53. The zero-order valence-corrected chi connectivity index (χ0v) is 7.64. The van der Waals surface area contributed by atoms with Crippen molar-refractivity contribution >= 4 is 17.9 Å². The van der Waals surface area contributed by atoms with Crippen molar-refractivity contribution in [2.75, 3.05) is 0 Å². The highest BCUT2D eigenvalue weighted by Gasteiger charge is 2.06. The average molecular weight is 183 g/mol. The molecule has 0 aromatic heterocycles. The molecule has 0 amide bonds. The van der Waals surface area contributed by atoms with Crippen molar-refractivity contribution in [2.24, 2.45) is 5.14 Å². The van der Waals surface area contributed by atoms with E-state index in [-0.39, 0.29) is 4.90 Å². The highest BCUT2D eigenvalue weighted by atomic mass is 32.2. The first-order valence-electron chi connectivity index (χ1n) is 3.66. The molecule has 3 nitrogen and oxygen atoms in total. The van der Waals surface area contributed by atoms with Crippen LogP contribution in [0.5, 0.6) is 0 Å². The maximum atomic E-state index is 10.9. The van der Waals surface area contributed by atoms with Gasteiger partial charge in [-0.1, -0.05) is 24.0 Å². The van der Waals surface area contributed by atoms with Gasteiger partial charge in [-0.3, -0.25) is 0 Å². The average Bonchev–Trinajstić information content (AvgIpc) is 2.03. The second-order valence-corrected chi connectivity index (χ2v) is 4.11. The fraction of sp³-hybridized carbons (Fsp3) is 0.143. The number of hydrogen-bond donors (Lipinski definition) is 1.